The molecule has 3 aromatic rings. The number of nitrogens with zero attached hydrogens (tertiary/aromatic N) is 1. The minimum absolute atomic E-state index is 0.0293. The summed E-state index contributed by atoms with van der Waals surface area (Å²) >= 11 is 7.66. The van der Waals surface area contributed by atoms with Crippen LogP contribution in [0.3, 0.4) is 0 Å². The summed E-state index contributed by atoms with van der Waals surface area (Å²) in [5.41, 5.74) is 6.70. The smallest absolute Gasteiger partial charge is 0.335 e. The molecule has 1 aromatic heterocycles. The third-order valence-electron chi connectivity index (χ3n) is 5.65. The normalized spacial score (nSPS) is 15.0. The number of aromatic carboxylic acids is 1. The van der Waals surface area contributed by atoms with Crippen LogP contribution in [-0.4, -0.2) is 44.1 Å². The van der Waals surface area contributed by atoms with E-state index < -0.39 is 41.4 Å². The molecule has 2 aromatic carbocycles. The molecule has 1 aliphatic heterocycles. The maximum Gasteiger partial charge on any atom is 0.335 e. The number of primary amides is 1. The fourth-order valence-electron chi connectivity index (χ4n) is 3.71. The molecule has 0 radical (unpaired) electrons. The van der Waals surface area contributed by atoms with Gasteiger partial charge in [-0.2, -0.15) is 0 Å². The lowest BCUT2D eigenvalue weighted by Crippen LogP contribution is -2.46. The molecule has 0 spiro atoms. The number of carboxylic acid groups (broad SMARTS) is 1. The number of rotatable bonds is 9. The van der Waals surface area contributed by atoms with Gasteiger partial charge in [0.25, 0.3) is 5.91 Å². The number of amides is 3. The second-order valence-corrected chi connectivity index (χ2v) is 10.9. The van der Waals surface area contributed by atoms with Crippen LogP contribution in [0.15, 0.2) is 58.8 Å². The molecule has 8 nitrogen and oxygen atoms in total. The summed E-state index contributed by atoms with van der Waals surface area (Å²) in [6, 6.07) is 9.54. The van der Waals surface area contributed by atoms with Gasteiger partial charge in [0.15, 0.2) is 11.6 Å². The summed E-state index contributed by atoms with van der Waals surface area (Å²) < 4.78 is 27.0. The number of hydrogen-bond donors (Lipinski definition) is 3. The molecule has 4 N–H and O–H groups in total. The number of halogens is 2. The molecule has 4 rings (SSSR count). The molecule has 0 aliphatic carbocycles. The number of thioether (sulfide) groups is 1. The van der Waals surface area contributed by atoms with Gasteiger partial charge in [0.1, 0.15) is 10.4 Å². The lowest BCUT2D eigenvalue weighted by Gasteiger charge is -2.25. The second kappa shape index (κ2) is 11.8. The van der Waals surface area contributed by atoms with E-state index in [-0.39, 0.29) is 27.6 Å². The number of carboxylic acids is 1. The highest BCUT2D eigenvalue weighted by atomic mass is 32.2. The summed E-state index contributed by atoms with van der Waals surface area (Å²) in [5.74, 6) is -4.89. The Bertz CT molecular complexity index is 1520. The monoisotopic (exact) mass is 587 g/mol. The summed E-state index contributed by atoms with van der Waals surface area (Å²) in [6.07, 6.45) is 1.31. The number of nitrogens with two attached hydrogens (primary N) is 1. The SMILES string of the molecule is NC(=O)CC[C@H](C(=O)Nc1ccc(C(=O)O)cc1)N1C(=O)C(=Cc2cc(-c3ccc(F)c(F)c3)cs2)SC1=S. The van der Waals surface area contributed by atoms with Gasteiger partial charge in [0, 0.05) is 17.0 Å². The predicted octanol–water partition coefficient (Wildman–Crippen LogP) is 4.87. The third kappa shape index (κ3) is 6.56. The number of carbonyl (C=O) groups is 4. The number of benzene rings is 2. The van der Waals surface area contributed by atoms with Gasteiger partial charge in [0.2, 0.25) is 11.8 Å². The van der Waals surface area contributed by atoms with Crippen molar-refractivity contribution in [2.75, 3.05) is 5.32 Å². The lowest BCUT2D eigenvalue weighted by atomic mass is 10.1. The van der Waals surface area contributed by atoms with Gasteiger partial charge < -0.3 is 16.2 Å². The van der Waals surface area contributed by atoms with E-state index in [0.29, 0.717) is 21.7 Å². The molecule has 3 amide bonds. The van der Waals surface area contributed by atoms with Crippen molar-refractivity contribution in [1.82, 2.24) is 4.90 Å². The van der Waals surface area contributed by atoms with Crippen LogP contribution in [0, 0.1) is 11.6 Å². The second-order valence-electron chi connectivity index (χ2n) is 8.31. The Kier molecular flexibility index (Phi) is 8.53. The lowest BCUT2D eigenvalue weighted by molar-refractivity contribution is -0.130. The summed E-state index contributed by atoms with van der Waals surface area (Å²) in [5, 5.41) is 13.4. The maximum absolute atomic E-state index is 13.6. The minimum Gasteiger partial charge on any atom is -0.478 e. The van der Waals surface area contributed by atoms with Gasteiger partial charge >= 0.3 is 5.97 Å². The number of thiocarbonyl (C=S) groups is 1. The van der Waals surface area contributed by atoms with E-state index in [1.807, 2.05) is 0 Å². The Labute approximate surface area is 234 Å². The first kappa shape index (κ1) is 28.1. The molecular formula is C26H19F2N3O5S3. The number of hydrogen-bond acceptors (Lipinski definition) is 7. The van der Waals surface area contributed by atoms with Crippen molar-refractivity contribution >= 4 is 75.1 Å². The van der Waals surface area contributed by atoms with Crippen molar-refractivity contribution in [3.63, 3.8) is 0 Å². The summed E-state index contributed by atoms with van der Waals surface area (Å²) in [6.45, 7) is 0. The van der Waals surface area contributed by atoms with Crippen LogP contribution in [0.2, 0.25) is 0 Å². The molecule has 0 saturated carbocycles. The minimum atomic E-state index is -1.16. The molecule has 1 fully saturated rings. The maximum atomic E-state index is 13.6. The van der Waals surface area contributed by atoms with Gasteiger partial charge in [-0.1, -0.05) is 30.0 Å². The van der Waals surface area contributed by atoms with E-state index in [4.69, 9.17) is 23.1 Å². The van der Waals surface area contributed by atoms with E-state index in [1.165, 1.54) is 41.7 Å². The zero-order valence-corrected chi connectivity index (χ0v) is 22.3. The fraction of sp³-hybridized carbons (Fsp3) is 0.115. The number of thiophene rings is 1. The number of nitrogens with one attached hydrogen (secondary N) is 1. The molecule has 200 valence electrons. The standard InChI is InChI=1S/C26H19F2N3O5S3/c27-18-6-3-14(10-19(18)28)15-9-17(38-12-15)11-21-24(34)31(26(37)39-21)20(7-8-22(29)32)23(33)30-16-4-1-13(2-5-16)25(35)36/h1-6,9-12,20H,7-8H2,(H2,29,32)(H,30,33)(H,35,36)/t20-/m1/s1. The highest BCUT2D eigenvalue weighted by molar-refractivity contribution is 8.26. The van der Waals surface area contributed by atoms with E-state index >= 15 is 0 Å². The quantitative estimate of drug-likeness (QED) is 0.241. The molecule has 0 bridgehead atoms. The van der Waals surface area contributed by atoms with Crippen LogP contribution >= 0.6 is 35.3 Å². The van der Waals surface area contributed by atoms with Crippen molar-refractivity contribution in [3.05, 3.63) is 80.9 Å². The van der Waals surface area contributed by atoms with E-state index in [9.17, 15) is 28.0 Å². The van der Waals surface area contributed by atoms with E-state index in [1.54, 1.807) is 17.5 Å². The van der Waals surface area contributed by atoms with Crippen molar-refractivity contribution in [1.29, 1.82) is 0 Å². The zero-order valence-electron chi connectivity index (χ0n) is 19.9. The highest BCUT2D eigenvalue weighted by Crippen LogP contribution is 2.37. The largest absolute Gasteiger partial charge is 0.478 e. The predicted molar refractivity (Wildman–Crippen MR) is 149 cm³/mol. The van der Waals surface area contributed by atoms with Gasteiger partial charge in [0.05, 0.1) is 10.5 Å². The Morgan fingerprint density at radius 3 is 2.44 bits per heavy atom. The van der Waals surface area contributed by atoms with Crippen LogP contribution in [0.4, 0.5) is 14.5 Å². The average Bonchev–Trinajstić information content (AvgIpc) is 3.46. The summed E-state index contributed by atoms with van der Waals surface area (Å²) in [7, 11) is 0. The van der Waals surface area contributed by atoms with Gasteiger partial charge in [-0.25, -0.2) is 13.6 Å². The average molecular weight is 588 g/mol. The molecular weight excluding hydrogens is 568 g/mol. The van der Waals surface area contributed by atoms with Gasteiger partial charge in [-0.15, -0.1) is 11.3 Å². The molecule has 39 heavy (non-hydrogen) atoms. The first-order valence-electron chi connectivity index (χ1n) is 11.3. The van der Waals surface area contributed by atoms with Crippen LogP contribution in [0.5, 0.6) is 0 Å². The topological polar surface area (TPSA) is 130 Å². The van der Waals surface area contributed by atoms with Crippen LogP contribution in [-0.2, 0) is 14.4 Å². The first-order valence-corrected chi connectivity index (χ1v) is 13.4. The van der Waals surface area contributed by atoms with Gasteiger partial charge in [-0.3, -0.25) is 19.3 Å². The highest BCUT2D eigenvalue weighted by Gasteiger charge is 2.40. The molecule has 13 heteroatoms. The van der Waals surface area contributed by atoms with E-state index in [2.05, 4.69) is 5.32 Å². The van der Waals surface area contributed by atoms with Crippen molar-refractivity contribution in [2.24, 2.45) is 5.73 Å². The molecule has 1 atom stereocenters. The summed E-state index contributed by atoms with van der Waals surface area (Å²) in [4.78, 5) is 51.1. The Morgan fingerprint density at radius 2 is 1.79 bits per heavy atom. The Balaban J connectivity index is 1.55. The number of anilines is 1. The molecule has 2 heterocycles. The van der Waals surface area contributed by atoms with Crippen LogP contribution < -0.4 is 11.1 Å². The Hall–Kier alpha value is -3.94. The zero-order chi connectivity index (χ0) is 28.3. The van der Waals surface area contributed by atoms with Gasteiger partial charge in [-0.05, 0) is 71.5 Å². The van der Waals surface area contributed by atoms with E-state index in [0.717, 1.165) is 28.8 Å². The van der Waals surface area contributed by atoms with Crippen LogP contribution in [0.1, 0.15) is 28.1 Å². The van der Waals surface area contributed by atoms with Crippen LogP contribution in [0.25, 0.3) is 17.2 Å². The molecule has 0 unspecified atom stereocenters. The third-order valence-corrected chi connectivity index (χ3v) is 7.86. The molecule has 1 saturated heterocycles. The number of carbonyl (C=O) groups excluding carboxylic acids is 3. The Morgan fingerprint density at radius 1 is 1.08 bits per heavy atom. The molecule has 1 aliphatic rings. The van der Waals surface area contributed by atoms with Crippen molar-refractivity contribution in [3.8, 4) is 11.1 Å². The fourth-order valence-corrected chi connectivity index (χ4v) is 5.98. The first-order chi connectivity index (χ1) is 18.5. The van der Waals surface area contributed by atoms with Crippen molar-refractivity contribution < 1.29 is 33.1 Å². The van der Waals surface area contributed by atoms with Crippen molar-refractivity contribution in [2.45, 2.75) is 18.9 Å².